The Kier molecular flexibility index (Phi) is 5.57. The Bertz CT molecular complexity index is 411. The van der Waals surface area contributed by atoms with E-state index in [4.69, 9.17) is 10.5 Å². The summed E-state index contributed by atoms with van der Waals surface area (Å²) >= 11 is 0. The number of nitrogens with zero attached hydrogens (tertiary/aromatic N) is 1. The van der Waals surface area contributed by atoms with Gasteiger partial charge in [-0.3, -0.25) is 0 Å². The van der Waals surface area contributed by atoms with E-state index in [-0.39, 0.29) is 0 Å². The number of nitrogen functional groups attached to an aromatic ring is 1. The van der Waals surface area contributed by atoms with Crippen LogP contribution in [-0.2, 0) is 0 Å². The zero-order valence-corrected chi connectivity index (χ0v) is 12.9. The normalized spacial score (nSPS) is 16.7. The van der Waals surface area contributed by atoms with Crippen LogP contribution in [0, 0.1) is 0 Å². The van der Waals surface area contributed by atoms with Gasteiger partial charge in [-0.2, -0.15) is 0 Å². The minimum Gasteiger partial charge on any atom is -0.491 e. The summed E-state index contributed by atoms with van der Waals surface area (Å²) in [7, 11) is 2.17. The van der Waals surface area contributed by atoms with Gasteiger partial charge in [0.25, 0.3) is 0 Å². The fraction of sp³-hybridized carbons (Fsp3) is 0.647. The molecule has 0 bridgehead atoms. The third kappa shape index (κ3) is 3.59. The summed E-state index contributed by atoms with van der Waals surface area (Å²) in [4.78, 5) is 2.36. The van der Waals surface area contributed by atoms with Crippen LogP contribution in [0.3, 0.4) is 0 Å². The van der Waals surface area contributed by atoms with E-state index in [1.54, 1.807) is 0 Å². The lowest BCUT2D eigenvalue weighted by molar-refractivity contribution is 0.319. The lowest BCUT2D eigenvalue weighted by atomic mass is 10.1. The average Bonchev–Trinajstić information content (AvgIpc) is 2.74. The first-order valence-corrected chi connectivity index (χ1v) is 7.98. The van der Waals surface area contributed by atoms with Gasteiger partial charge in [0.1, 0.15) is 5.75 Å². The molecule has 112 valence electrons. The van der Waals surface area contributed by atoms with Crippen molar-refractivity contribution in [2.45, 2.75) is 57.9 Å². The van der Waals surface area contributed by atoms with Gasteiger partial charge < -0.3 is 15.4 Å². The van der Waals surface area contributed by atoms with Crippen molar-refractivity contribution in [3.05, 3.63) is 18.2 Å². The SMILES string of the molecule is CCCOc1cccc(N(C)C2CCCCCC2)c1N. The molecule has 2 N–H and O–H groups in total. The standard InChI is InChI=1S/C17H28N2O/c1-3-13-20-16-12-8-11-15(17(16)18)19(2)14-9-6-4-5-7-10-14/h8,11-12,14H,3-7,9-10,13,18H2,1-2H3. The highest BCUT2D eigenvalue weighted by Crippen LogP contribution is 2.34. The summed E-state index contributed by atoms with van der Waals surface area (Å²) < 4.78 is 5.74. The first-order valence-electron chi connectivity index (χ1n) is 7.98. The number of hydrogen-bond acceptors (Lipinski definition) is 3. The van der Waals surface area contributed by atoms with Gasteiger partial charge >= 0.3 is 0 Å². The highest BCUT2D eigenvalue weighted by Gasteiger charge is 2.19. The van der Waals surface area contributed by atoms with Crippen LogP contribution in [-0.4, -0.2) is 19.7 Å². The van der Waals surface area contributed by atoms with Crippen molar-refractivity contribution in [3.63, 3.8) is 0 Å². The van der Waals surface area contributed by atoms with E-state index in [0.29, 0.717) is 6.04 Å². The Balaban J connectivity index is 2.13. The van der Waals surface area contributed by atoms with Gasteiger partial charge in [-0.25, -0.2) is 0 Å². The Morgan fingerprint density at radius 2 is 1.90 bits per heavy atom. The van der Waals surface area contributed by atoms with Gasteiger partial charge in [-0.15, -0.1) is 0 Å². The Morgan fingerprint density at radius 3 is 2.55 bits per heavy atom. The van der Waals surface area contributed by atoms with E-state index in [9.17, 15) is 0 Å². The van der Waals surface area contributed by atoms with E-state index in [1.807, 2.05) is 12.1 Å². The molecule has 0 aromatic heterocycles. The Morgan fingerprint density at radius 1 is 1.20 bits per heavy atom. The fourth-order valence-electron chi connectivity index (χ4n) is 3.02. The molecule has 3 heteroatoms. The zero-order valence-electron chi connectivity index (χ0n) is 12.9. The van der Waals surface area contributed by atoms with Crippen molar-refractivity contribution in [1.82, 2.24) is 0 Å². The molecule has 20 heavy (non-hydrogen) atoms. The monoisotopic (exact) mass is 276 g/mol. The Labute approximate surface area is 123 Å². The molecule has 2 rings (SSSR count). The molecule has 0 amide bonds. The largest absolute Gasteiger partial charge is 0.491 e. The minimum atomic E-state index is 0.612. The average molecular weight is 276 g/mol. The first-order chi connectivity index (χ1) is 9.74. The third-order valence-corrected chi connectivity index (χ3v) is 4.26. The molecule has 1 fully saturated rings. The third-order valence-electron chi connectivity index (χ3n) is 4.26. The predicted molar refractivity (Wildman–Crippen MR) is 86.5 cm³/mol. The van der Waals surface area contributed by atoms with Crippen LogP contribution in [0.2, 0.25) is 0 Å². The van der Waals surface area contributed by atoms with E-state index >= 15 is 0 Å². The van der Waals surface area contributed by atoms with Crippen LogP contribution in [0.1, 0.15) is 51.9 Å². The number of para-hydroxylation sites is 1. The molecule has 0 atom stereocenters. The van der Waals surface area contributed by atoms with Gasteiger partial charge in [0, 0.05) is 13.1 Å². The van der Waals surface area contributed by atoms with Crippen molar-refractivity contribution in [2.75, 3.05) is 24.3 Å². The second-order valence-electron chi connectivity index (χ2n) is 5.79. The van der Waals surface area contributed by atoms with E-state index in [0.717, 1.165) is 30.2 Å². The molecule has 0 aliphatic heterocycles. The summed E-state index contributed by atoms with van der Waals surface area (Å²) in [6.45, 7) is 2.83. The summed E-state index contributed by atoms with van der Waals surface area (Å²) in [5, 5.41) is 0. The maximum atomic E-state index is 6.30. The fourth-order valence-corrected chi connectivity index (χ4v) is 3.02. The van der Waals surface area contributed by atoms with Gasteiger partial charge in [0.2, 0.25) is 0 Å². The topological polar surface area (TPSA) is 38.5 Å². The van der Waals surface area contributed by atoms with Crippen LogP contribution >= 0.6 is 0 Å². The van der Waals surface area contributed by atoms with Gasteiger partial charge in [-0.1, -0.05) is 38.7 Å². The van der Waals surface area contributed by atoms with Crippen LogP contribution in [0.4, 0.5) is 11.4 Å². The van der Waals surface area contributed by atoms with Crippen molar-refractivity contribution >= 4 is 11.4 Å². The van der Waals surface area contributed by atoms with Crippen molar-refractivity contribution in [3.8, 4) is 5.75 Å². The van der Waals surface area contributed by atoms with Crippen molar-refractivity contribution in [2.24, 2.45) is 0 Å². The highest BCUT2D eigenvalue weighted by atomic mass is 16.5. The second kappa shape index (κ2) is 7.41. The van der Waals surface area contributed by atoms with Crippen LogP contribution in [0.25, 0.3) is 0 Å². The van der Waals surface area contributed by atoms with Gasteiger partial charge in [0.05, 0.1) is 18.0 Å². The molecule has 0 heterocycles. The predicted octanol–water partition coefficient (Wildman–Crippen LogP) is 4.22. The van der Waals surface area contributed by atoms with E-state index < -0.39 is 0 Å². The second-order valence-corrected chi connectivity index (χ2v) is 5.79. The molecule has 0 saturated heterocycles. The molecule has 0 radical (unpaired) electrons. The Hall–Kier alpha value is -1.38. The van der Waals surface area contributed by atoms with Crippen LogP contribution in [0.15, 0.2) is 18.2 Å². The van der Waals surface area contributed by atoms with Crippen molar-refractivity contribution in [1.29, 1.82) is 0 Å². The molecule has 3 nitrogen and oxygen atoms in total. The number of ether oxygens (including phenoxy) is 1. The van der Waals surface area contributed by atoms with Crippen LogP contribution < -0.4 is 15.4 Å². The molecule has 0 spiro atoms. The zero-order chi connectivity index (χ0) is 14.4. The van der Waals surface area contributed by atoms with Gasteiger partial charge in [0.15, 0.2) is 0 Å². The van der Waals surface area contributed by atoms with Crippen molar-refractivity contribution < 1.29 is 4.74 Å². The lowest BCUT2D eigenvalue weighted by Crippen LogP contribution is -2.31. The molecular formula is C17H28N2O. The first kappa shape index (κ1) is 15.0. The molecule has 1 aromatic rings. The number of rotatable bonds is 5. The maximum absolute atomic E-state index is 6.30. The number of nitrogens with two attached hydrogens (primary N) is 1. The maximum Gasteiger partial charge on any atom is 0.144 e. The van der Waals surface area contributed by atoms with Crippen LogP contribution in [0.5, 0.6) is 5.75 Å². The van der Waals surface area contributed by atoms with Gasteiger partial charge in [-0.05, 0) is 31.4 Å². The molecule has 0 unspecified atom stereocenters. The summed E-state index contributed by atoms with van der Waals surface area (Å²) in [5.41, 5.74) is 8.21. The smallest absolute Gasteiger partial charge is 0.144 e. The molecule has 1 aliphatic carbocycles. The summed E-state index contributed by atoms with van der Waals surface area (Å²) in [5.74, 6) is 0.824. The van der Waals surface area contributed by atoms with E-state index in [1.165, 1.54) is 38.5 Å². The minimum absolute atomic E-state index is 0.612. The lowest BCUT2D eigenvalue weighted by Gasteiger charge is -2.30. The summed E-state index contributed by atoms with van der Waals surface area (Å²) in [6, 6.07) is 6.74. The quantitative estimate of drug-likeness (QED) is 0.646. The number of anilines is 2. The molecule has 1 aromatic carbocycles. The molecule has 1 aliphatic rings. The van der Waals surface area contributed by atoms with E-state index in [2.05, 4.69) is 24.9 Å². The number of benzene rings is 1. The molecular weight excluding hydrogens is 248 g/mol. The highest BCUT2D eigenvalue weighted by molar-refractivity contribution is 5.74. The molecule has 1 saturated carbocycles. The summed E-state index contributed by atoms with van der Waals surface area (Å²) in [6.07, 6.45) is 8.97. The number of hydrogen-bond donors (Lipinski definition) is 1.